The standard InChI is InChI=1S/C29H29N3O4S/c1-37(34,35)36-22-8-6-20(7-9-22)23-10-11-24(28-25(23)17-30-29(28)33)27-16-21-15-19(5-12-26(21)31-27)18-32-13-3-2-4-14-32/h5-12,15-16,31H,2-4,13-14,17-18H2,1H3,(H,30,33). The van der Waals surface area contributed by atoms with Gasteiger partial charge in [-0.1, -0.05) is 36.8 Å². The first-order chi connectivity index (χ1) is 17.8. The topological polar surface area (TPSA) is 91.5 Å². The molecule has 6 rings (SSSR count). The third kappa shape index (κ3) is 4.86. The van der Waals surface area contributed by atoms with E-state index in [4.69, 9.17) is 4.18 Å². The predicted octanol–water partition coefficient (Wildman–Crippen LogP) is 5.07. The zero-order valence-electron chi connectivity index (χ0n) is 20.7. The number of hydrogen-bond acceptors (Lipinski definition) is 5. The molecule has 0 aliphatic carbocycles. The summed E-state index contributed by atoms with van der Waals surface area (Å²) in [4.78, 5) is 19.0. The maximum Gasteiger partial charge on any atom is 0.306 e. The Hall–Kier alpha value is -3.62. The molecule has 3 heterocycles. The van der Waals surface area contributed by atoms with E-state index in [-0.39, 0.29) is 11.7 Å². The zero-order chi connectivity index (χ0) is 25.6. The number of piperidine rings is 1. The van der Waals surface area contributed by atoms with Crippen LogP contribution < -0.4 is 9.50 Å². The molecular weight excluding hydrogens is 486 g/mol. The van der Waals surface area contributed by atoms with E-state index < -0.39 is 10.1 Å². The Morgan fingerprint density at radius 3 is 2.43 bits per heavy atom. The number of benzene rings is 3. The molecule has 190 valence electrons. The van der Waals surface area contributed by atoms with Gasteiger partial charge in [0, 0.05) is 35.2 Å². The summed E-state index contributed by atoms with van der Waals surface area (Å²) in [5.74, 6) is 0.166. The molecule has 2 N–H and O–H groups in total. The number of nitrogens with one attached hydrogen (secondary N) is 2. The molecule has 0 bridgehead atoms. The summed E-state index contributed by atoms with van der Waals surface area (Å²) < 4.78 is 27.8. The summed E-state index contributed by atoms with van der Waals surface area (Å²) in [7, 11) is -3.59. The van der Waals surface area contributed by atoms with Gasteiger partial charge >= 0.3 is 10.1 Å². The fraction of sp³-hybridized carbons (Fsp3) is 0.276. The lowest BCUT2D eigenvalue weighted by Crippen LogP contribution is -2.28. The maximum absolute atomic E-state index is 12.9. The first kappa shape index (κ1) is 23.8. The van der Waals surface area contributed by atoms with Crippen LogP contribution in [0.2, 0.25) is 0 Å². The van der Waals surface area contributed by atoms with Gasteiger partial charge in [0.05, 0.1) is 11.8 Å². The molecule has 2 aliphatic rings. The van der Waals surface area contributed by atoms with E-state index in [0.717, 1.165) is 64.7 Å². The van der Waals surface area contributed by atoms with Gasteiger partial charge in [-0.2, -0.15) is 8.42 Å². The zero-order valence-corrected chi connectivity index (χ0v) is 21.5. The van der Waals surface area contributed by atoms with Gasteiger partial charge in [-0.05, 0) is 78.5 Å². The van der Waals surface area contributed by atoms with Crippen molar-refractivity contribution < 1.29 is 17.4 Å². The predicted molar refractivity (Wildman–Crippen MR) is 145 cm³/mol. The molecule has 37 heavy (non-hydrogen) atoms. The van der Waals surface area contributed by atoms with Crippen molar-refractivity contribution in [2.45, 2.75) is 32.4 Å². The monoisotopic (exact) mass is 515 g/mol. The number of aromatic nitrogens is 1. The highest BCUT2D eigenvalue weighted by Crippen LogP contribution is 2.37. The van der Waals surface area contributed by atoms with Crippen LogP contribution in [0, 0.1) is 0 Å². The van der Waals surface area contributed by atoms with Crippen molar-refractivity contribution in [3.63, 3.8) is 0 Å². The maximum atomic E-state index is 12.9. The number of rotatable bonds is 6. The minimum Gasteiger partial charge on any atom is -0.383 e. The van der Waals surface area contributed by atoms with E-state index in [1.807, 2.05) is 24.3 Å². The molecule has 4 aromatic rings. The molecule has 1 aromatic heterocycles. The van der Waals surface area contributed by atoms with Crippen LogP contribution >= 0.6 is 0 Å². The van der Waals surface area contributed by atoms with Crippen molar-refractivity contribution in [1.29, 1.82) is 0 Å². The largest absolute Gasteiger partial charge is 0.383 e. The number of nitrogens with zero attached hydrogens (tertiary/aromatic N) is 1. The minimum absolute atomic E-state index is 0.0895. The number of fused-ring (bicyclic) bond motifs is 2. The second-order valence-corrected chi connectivity index (χ2v) is 11.5. The number of carbonyl (C=O) groups is 1. The molecule has 7 nitrogen and oxygen atoms in total. The van der Waals surface area contributed by atoms with Crippen molar-refractivity contribution in [2.75, 3.05) is 19.3 Å². The number of hydrogen-bond donors (Lipinski definition) is 2. The van der Waals surface area contributed by atoms with Crippen molar-refractivity contribution in [3.05, 3.63) is 77.4 Å². The van der Waals surface area contributed by atoms with E-state index in [0.29, 0.717) is 12.1 Å². The molecule has 2 aliphatic heterocycles. The molecule has 3 aromatic carbocycles. The fourth-order valence-corrected chi connectivity index (χ4v) is 5.97. The summed E-state index contributed by atoms with van der Waals surface area (Å²) >= 11 is 0. The number of carbonyl (C=O) groups excluding carboxylic acids is 1. The lowest BCUT2D eigenvalue weighted by molar-refractivity contribution is 0.0966. The summed E-state index contributed by atoms with van der Waals surface area (Å²) in [5, 5.41) is 4.11. The Bertz CT molecular complexity index is 1600. The van der Waals surface area contributed by atoms with Crippen molar-refractivity contribution >= 4 is 26.9 Å². The van der Waals surface area contributed by atoms with Crippen molar-refractivity contribution in [2.24, 2.45) is 0 Å². The fourth-order valence-electron chi connectivity index (χ4n) is 5.51. The summed E-state index contributed by atoms with van der Waals surface area (Å²) in [6.45, 7) is 3.74. The molecule has 1 amide bonds. The first-order valence-electron chi connectivity index (χ1n) is 12.6. The van der Waals surface area contributed by atoms with Gasteiger partial charge in [-0.25, -0.2) is 0 Å². The molecule has 0 atom stereocenters. The number of likely N-dealkylation sites (tertiary alicyclic amines) is 1. The summed E-state index contributed by atoms with van der Waals surface area (Å²) in [6.07, 6.45) is 4.90. The first-order valence-corrected chi connectivity index (χ1v) is 14.4. The van der Waals surface area contributed by atoms with Gasteiger partial charge in [0.15, 0.2) is 0 Å². The highest BCUT2D eigenvalue weighted by molar-refractivity contribution is 7.86. The molecule has 0 radical (unpaired) electrons. The van der Waals surface area contributed by atoms with E-state index in [1.165, 1.54) is 24.8 Å². The summed E-state index contributed by atoms with van der Waals surface area (Å²) in [5.41, 5.74) is 7.58. The quantitative estimate of drug-likeness (QED) is 0.350. The Morgan fingerprint density at radius 2 is 1.68 bits per heavy atom. The van der Waals surface area contributed by atoms with Gasteiger partial charge in [0.1, 0.15) is 5.75 Å². The molecule has 0 unspecified atom stereocenters. The van der Waals surface area contributed by atoms with Gasteiger partial charge in [0.2, 0.25) is 0 Å². The van der Waals surface area contributed by atoms with E-state index in [2.05, 4.69) is 39.5 Å². The van der Waals surface area contributed by atoms with Crippen LogP contribution in [-0.2, 0) is 23.2 Å². The van der Waals surface area contributed by atoms with Crippen LogP contribution in [-0.4, -0.2) is 43.6 Å². The third-order valence-corrected chi connectivity index (χ3v) is 7.70. The highest BCUT2D eigenvalue weighted by atomic mass is 32.2. The highest BCUT2D eigenvalue weighted by Gasteiger charge is 2.27. The molecule has 1 fully saturated rings. The minimum atomic E-state index is -3.59. The van der Waals surface area contributed by atoms with Gasteiger partial charge in [-0.3, -0.25) is 9.69 Å². The number of H-pyrrole nitrogens is 1. The van der Waals surface area contributed by atoms with Gasteiger partial charge in [0.25, 0.3) is 5.91 Å². The van der Waals surface area contributed by atoms with Crippen LogP contribution in [0.3, 0.4) is 0 Å². The van der Waals surface area contributed by atoms with E-state index >= 15 is 0 Å². The van der Waals surface area contributed by atoms with Gasteiger partial charge in [-0.15, -0.1) is 0 Å². The Kier molecular flexibility index (Phi) is 6.01. The normalized spacial score (nSPS) is 16.1. The lowest BCUT2D eigenvalue weighted by Gasteiger charge is -2.26. The van der Waals surface area contributed by atoms with E-state index in [1.54, 1.807) is 12.1 Å². The smallest absolute Gasteiger partial charge is 0.306 e. The van der Waals surface area contributed by atoms with Crippen LogP contribution in [0.5, 0.6) is 5.75 Å². The average Bonchev–Trinajstić information content (AvgIpc) is 3.47. The van der Waals surface area contributed by atoms with Crippen LogP contribution in [0.25, 0.3) is 33.3 Å². The van der Waals surface area contributed by atoms with Crippen molar-refractivity contribution in [3.8, 4) is 28.1 Å². The van der Waals surface area contributed by atoms with Crippen molar-refractivity contribution in [1.82, 2.24) is 15.2 Å². The number of aromatic amines is 1. The molecule has 8 heteroatoms. The van der Waals surface area contributed by atoms with Crippen LogP contribution in [0.1, 0.15) is 40.7 Å². The third-order valence-electron chi connectivity index (χ3n) is 7.21. The molecular formula is C29H29N3O4S. The summed E-state index contributed by atoms with van der Waals surface area (Å²) in [6, 6.07) is 19.6. The second-order valence-electron chi connectivity index (χ2n) is 9.95. The van der Waals surface area contributed by atoms with Gasteiger partial charge < -0.3 is 14.5 Å². The lowest BCUT2D eigenvalue weighted by atomic mass is 9.92. The average molecular weight is 516 g/mol. The van der Waals surface area contributed by atoms with Crippen LogP contribution in [0.4, 0.5) is 0 Å². The van der Waals surface area contributed by atoms with Crippen LogP contribution in [0.15, 0.2) is 60.7 Å². The molecule has 1 saturated heterocycles. The number of amides is 1. The molecule has 0 spiro atoms. The second kappa shape index (κ2) is 9.36. The Labute approximate surface area is 216 Å². The van der Waals surface area contributed by atoms with E-state index in [9.17, 15) is 13.2 Å². The Morgan fingerprint density at radius 1 is 0.919 bits per heavy atom. The molecule has 0 saturated carbocycles. The SMILES string of the molecule is CS(=O)(=O)Oc1ccc(-c2ccc(-c3cc4cc(CN5CCCCC5)ccc4[nH]3)c3c2CNC3=O)cc1. The Balaban J connectivity index is 1.33.